The Morgan fingerprint density at radius 1 is 1.12 bits per heavy atom. The van der Waals surface area contributed by atoms with Gasteiger partial charge in [-0.2, -0.15) is 0 Å². The van der Waals surface area contributed by atoms with Crippen molar-refractivity contribution in [1.82, 2.24) is 10.6 Å². The predicted molar refractivity (Wildman–Crippen MR) is 121 cm³/mol. The first-order chi connectivity index (χ1) is 15.9. The monoisotopic (exact) mass is 452 g/mol. The molecule has 33 heavy (non-hydrogen) atoms. The van der Waals surface area contributed by atoms with E-state index in [1.54, 1.807) is 0 Å². The Labute approximate surface area is 192 Å². The van der Waals surface area contributed by atoms with Gasteiger partial charge in [-0.05, 0) is 42.0 Å². The summed E-state index contributed by atoms with van der Waals surface area (Å²) in [4.78, 5) is 36.5. The third kappa shape index (κ3) is 4.71. The summed E-state index contributed by atoms with van der Waals surface area (Å²) in [5.41, 5.74) is 3.33. The van der Waals surface area contributed by atoms with E-state index in [4.69, 9.17) is 9.47 Å². The van der Waals surface area contributed by atoms with Crippen molar-refractivity contribution >= 4 is 18.0 Å². The van der Waals surface area contributed by atoms with Crippen molar-refractivity contribution < 1.29 is 29.0 Å². The summed E-state index contributed by atoms with van der Waals surface area (Å²) in [6.45, 7) is 2.19. The molecule has 0 aromatic heterocycles. The molecule has 8 heteroatoms. The van der Waals surface area contributed by atoms with Crippen molar-refractivity contribution in [3.05, 3.63) is 59.7 Å². The average Bonchev–Trinajstić information content (AvgIpc) is 3.15. The summed E-state index contributed by atoms with van der Waals surface area (Å²) < 4.78 is 10.8. The SMILES string of the molecule is C[C@@H](NC(=O)OCC1c2ccccc2-c2ccccc21)C(=O)NCC1(C(=O)O)CCCOC1. The van der Waals surface area contributed by atoms with Gasteiger partial charge in [0.25, 0.3) is 0 Å². The zero-order chi connectivity index (χ0) is 23.4. The molecule has 2 aliphatic rings. The number of benzene rings is 2. The normalized spacial score (nSPS) is 20.3. The number of rotatable bonds is 7. The first-order valence-corrected chi connectivity index (χ1v) is 11.1. The van der Waals surface area contributed by atoms with Crippen LogP contribution in [0.5, 0.6) is 0 Å². The number of fused-ring (bicyclic) bond motifs is 3. The molecule has 4 rings (SSSR count). The predicted octanol–water partition coefficient (Wildman–Crippen LogP) is 2.91. The Morgan fingerprint density at radius 2 is 1.76 bits per heavy atom. The molecule has 8 nitrogen and oxygen atoms in total. The first-order valence-electron chi connectivity index (χ1n) is 11.1. The molecule has 0 bridgehead atoms. The van der Waals surface area contributed by atoms with Gasteiger partial charge < -0.3 is 25.2 Å². The van der Waals surface area contributed by atoms with Gasteiger partial charge in [0.15, 0.2) is 0 Å². The van der Waals surface area contributed by atoms with Crippen molar-refractivity contribution in [2.45, 2.75) is 31.7 Å². The quantitative estimate of drug-likeness (QED) is 0.595. The summed E-state index contributed by atoms with van der Waals surface area (Å²) >= 11 is 0. The number of hydrogen-bond donors (Lipinski definition) is 3. The van der Waals surface area contributed by atoms with Crippen LogP contribution in [0.15, 0.2) is 48.5 Å². The van der Waals surface area contributed by atoms with E-state index in [0.29, 0.717) is 19.4 Å². The molecular weight excluding hydrogens is 424 g/mol. The van der Waals surface area contributed by atoms with Crippen LogP contribution in [0.25, 0.3) is 11.1 Å². The highest BCUT2D eigenvalue weighted by Crippen LogP contribution is 2.44. The van der Waals surface area contributed by atoms with Gasteiger partial charge in [0.2, 0.25) is 5.91 Å². The molecule has 1 fully saturated rings. The standard InChI is InChI=1S/C25H28N2O6/c1-16(22(28)26-14-25(23(29)30)11-6-12-32-15-25)27-24(31)33-13-21-19-9-4-2-7-17(19)18-8-3-5-10-20(18)21/h2-5,7-10,16,21H,6,11-15H2,1H3,(H,26,28)(H,27,31)(H,29,30)/t16-,25?/m1/s1. The molecule has 2 aromatic carbocycles. The minimum absolute atomic E-state index is 0.0524. The van der Waals surface area contributed by atoms with Crippen LogP contribution < -0.4 is 10.6 Å². The Bertz CT molecular complexity index is 1000. The maximum atomic E-state index is 12.5. The molecule has 2 amide bonds. The molecule has 174 valence electrons. The number of nitrogens with one attached hydrogen (secondary N) is 2. The molecule has 0 spiro atoms. The number of aliphatic carboxylic acids is 1. The van der Waals surface area contributed by atoms with Crippen LogP contribution in [-0.4, -0.2) is 55.5 Å². The van der Waals surface area contributed by atoms with Crippen molar-refractivity contribution in [2.24, 2.45) is 5.41 Å². The highest BCUT2D eigenvalue weighted by Gasteiger charge is 2.41. The van der Waals surface area contributed by atoms with Gasteiger partial charge in [0.05, 0.1) is 6.61 Å². The van der Waals surface area contributed by atoms with Gasteiger partial charge in [-0.3, -0.25) is 9.59 Å². The van der Waals surface area contributed by atoms with E-state index in [9.17, 15) is 19.5 Å². The van der Waals surface area contributed by atoms with E-state index in [1.807, 2.05) is 36.4 Å². The molecule has 1 unspecified atom stereocenters. The van der Waals surface area contributed by atoms with E-state index in [2.05, 4.69) is 22.8 Å². The van der Waals surface area contributed by atoms with Gasteiger partial charge in [0.1, 0.15) is 18.1 Å². The lowest BCUT2D eigenvalue weighted by atomic mass is 9.82. The van der Waals surface area contributed by atoms with Gasteiger partial charge in [-0.15, -0.1) is 0 Å². The fraction of sp³-hybridized carbons (Fsp3) is 0.400. The Hall–Kier alpha value is -3.39. The molecule has 1 saturated heterocycles. The molecule has 0 saturated carbocycles. The van der Waals surface area contributed by atoms with Gasteiger partial charge in [0, 0.05) is 19.1 Å². The largest absolute Gasteiger partial charge is 0.481 e. The molecule has 3 N–H and O–H groups in total. The number of alkyl carbamates (subject to hydrolysis) is 1. The summed E-state index contributed by atoms with van der Waals surface area (Å²) in [5, 5.41) is 14.7. The van der Waals surface area contributed by atoms with Crippen molar-refractivity contribution in [1.29, 1.82) is 0 Å². The molecular formula is C25H28N2O6. The van der Waals surface area contributed by atoms with Gasteiger partial charge in [-0.25, -0.2) is 4.79 Å². The fourth-order valence-electron chi connectivity index (χ4n) is 4.53. The second-order valence-corrected chi connectivity index (χ2v) is 8.65. The van der Waals surface area contributed by atoms with Crippen LogP contribution in [0.3, 0.4) is 0 Å². The van der Waals surface area contributed by atoms with Crippen LogP contribution in [0, 0.1) is 5.41 Å². The lowest BCUT2D eigenvalue weighted by molar-refractivity contribution is -0.157. The van der Waals surface area contributed by atoms with Gasteiger partial charge in [-0.1, -0.05) is 48.5 Å². The number of carbonyl (C=O) groups excluding carboxylic acids is 2. The Kier molecular flexibility index (Phi) is 6.65. The number of carboxylic acid groups (broad SMARTS) is 1. The lowest BCUT2D eigenvalue weighted by Gasteiger charge is -2.33. The number of ether oxygens (including phenoxy) is 2. The van der Waals surface area contributed by atoms with E-state index in [0.717, 1.165) is 22.3 Å². The molecule has 1 aliphatic carbocycles. The molecule has 1 aliphatic heterocycles. The lowest BCUT2D eigenvalue weighted by Crippen LogP contribution is -2.52. The van der Waals surface area contributed by atoms with E-state index < -0.39 is 29.4 Å². The smallest absolute Gasteiger partial charge is 0.407 e. The van der Waals surface area contributed by atoms with Crippen LogP contribution in [0.1, 0.15) is 36.8 Å². The second-order valence-electron chi connectivity index (χ2n) is 8.65. The van der Waals surface area contributed by atoms with Crippen LogP contribution >= 0.6 is 0 Å². The molecule has 1 heterocycles. The third-order valence-electron chi connectivity index (χ3n) is 6.45. The second kappa shape index (κ2) is 9.62. The zero-order valence-corrected chi connectivity index (χ0v) is 18.5. The van der Waals surface area contributed by atoms with E-state index in [1.165, 1.54) is 6.92 Å². The third-order valence-corrected chi connectivity index (χ3v) is 6.45. The summed E-state index contributed by atoms with van der Waals surface area (Å²) in [5.74, 6) is -1.55. The minimum atomic E-state index is -1.14. The van der Waals surface area contributed by atoms with Crippen molar-refractivity contribution in [3.8, 4) is 11.1 Å². The highest BCUT2D eigenvalue weighted by molar-refractivity contribution is 5.86. The van der Waals surface area contributed by atoms with Crippen LogP contribution in [0.2, 0.25) is 0 Å². The molecule has 2 atom stereocenters. The van der Waals surface area contributed by atoms with Crippen LogP contribution in [0.4, 0.5) is 4.79 Å². The zero-order valence-electron chi connectivity index (χ0n) is 18.5. The van der Waals surface area contributed by atoms with E-state index in [-0.39, 0.29) is 25.7 Å². The van der Waals surface area contributed by atoms with Gasteiger partial charge >= 0.3 is 12.1 Å². The minimum Gasteiger partial charge on any atom is -0.481 e. The summed E-state index contributed by atoms with van der Waals surface area (Å²) in [7, 11) is 0. The number of carbonyl (C=O) groups is 3. The Balaban J connectivity index is 1.31. The fourth-order valence-corrected chi connectivity index (χ4v) is 4.53. The maximum absolute atomic E-state index is 12.5. The average molecular weight is 453 g/mol. The van der Waals surface area contributed by atoms with Crippen molar-refractivity contribution in [2.75, 3.05) is 26.4 Å². The molecule has 2 aromatic rings. The topological polar surface area (TPSA) is 114 Å². The summed E-state index contributed by atoms with van der Waals surface area (Å²) in [6.07, 6.45) is 0.348. The van der Waals surface area contributed by atoms with Crippen molar-refractivity contribution in [3.63, 3.8) is 0 Å². The highest BCUT2D eigenvalue weighted by atomic mass is 16.5. The maximum Gasteiger partial charge on any atom is 0.407 e. The Morgan fingerprint density at radius 3 is 2.33 bits per heavy atom. The summed E-state index contributed by atoms with van der Waals surface area (Å²) in [6, 6.07) is 15.2. The number of amides is 2. The van der Waals surface area contributed by atoms with E-state index >= 15 is 0 Å². The first kappa shape index (κ1) is 22.8. The number of carboxylic acids is 1. The van der Waals surface area contributed by atoms with Crippen LogP contribution in [-0.2, 0) is 19.1 Å². The number of hydrogen-bond acceptors (Lipinski definition) is 5. The molecule has 0 radical (unpaired) electrons.